The van der Waals surface area contributed by atoms with E-state index in [9.17, 15) is 5.11 Å². The van der Waals surface area contributed by atoms with Gasteiger partial charge in [-0.2, -0.15) is 4.98 Å². The average Bonchev–Trinajstić information content (AvgIpc) is 2.98. The van der Waals surface area contributed by atoms with Crippen molar-refractivity contribution in [3.05, 3.63) is 11.7 Å². The van der Waals surface area contributed by atoms with E-state index < -0.39 is 0 Å². The highest BCUT2D eigenvalue weighted by atomic mass is 16.5. The fraction of sp³-hybridized carbons (Fsp3) is 0.846. The van der Waals surface area contributed by atoms with E-state index in [2.05, 4.69) is 22.4 Å². The lowest BCUT2D eigenvalue weighted by molar-refractivity contribution is 0.191. The van der Waals surface area contributed by atoms with Gasteiger partial charge in [-0.1, -0.05) is 24.9 Å². The Morgan fingerprint density at radius 2 is 2.06 bits per heavy atom. The maximum atomic E-state index is 9.49. The standard InChI is InChI=1S/C13H21N3O2/c1-8-2-4-9(5-3-8)12-15-13(18-16-12)11-6-10(17)7-14-11/h8-11,14,17H,2-7H2,1H3/t8?,9?,10-,11+/m0/s1. The zero-order valence-electron chi connectivity index (χ0n) is 10.8. The molecular formula is C13H21N3O2. The first kappa shape index (κ1) is 12.1. The number of hydrogen-bond acceptors (Lipinski definition) is 5. The zero-order valence-corrected chi connectivity index (χ0v) is 10.8. The van der Waals surface area contributed by atoms with Crippen LogP contribution in [0.25, 0.3) is 0 Å². The van der Waals surface area contributed by atoms with Crippen LogP contribution in [0.5, 0.6) is 0 Å². The summed E-state index contributed by atoms with van der Waals surface area (Å²) in [4.78, 5) is 4.52. The minimum absolute atomic E-state index is 0.0313. The summed E-state index contributed by atoms with van der Waals surface area (Å²) in [6.45, 7) is 2.92. The van der Waals surface area contributed by atoms with Gasteiger partial charge in [0.05, 0.1) is 12.1 Å². The molecule has 0 bridgehead atoms. The van der Waals surface area contributed by atoms with Crippen LogP contribution in [0, 0.1) is 5.92 Å². The van der Waals surface area contributed by atoms with Crippen LogP contribution in [0.4, 0.5) is 0 Å². The summed E-state index contributed by atoms with van der Waals surface area (Å²) in [7, 11) is 0. The van der Waals surface area contributed by atoms with Crippen molar-refractivity contribution in [1.29, 1.82) is 0 Å². The van der Waals surface area contributed by atoms with Crippen molar-refractivity contribution in [2.24, 2.45) is 5.92 Å². The minimum atomic E-state index is -0.291. The van der Waals surface area contributed by atoms with Crippen LogP contribution in [0.3, 0.4) is 0 Å². The molecule has 0 aromatic carbocycles. The van der Waals surface area contributed by atoms with Gasteiger partial charge in [0.25, 0.3) is 0 Å². The maximum Gasteiger partial charge on any atom is 0.243 e. The Balaban J connectivity index is 1.66. The van der Waals surface area contributed by atoms with Crippen LogP contribution in [-0.4, -0.2) is 27.9 Å². The fourth-order valence-corrected chi connectivity index (χ4v) is 2.98. The zero-order chi connectivity index (χ0) is 12.5. The van der Waals surface area contributed by atoms with Gasteiger partial charge in [-0.25, -0.2) is 0 Å². The lowest BCUT2D eigenvalue weighted by Crippen LogP contribution is -2.15. The number of β-amino-alcohol motifs (C(OH)–C–C–N with tert-alkyl or cyclic N) is 1. The first-order valence-electron chi connectivity index (χ1n) is 6.97. The second-order valence-electron chi connectivity index (χ2n) is 5.80. The number of aliphatic hydroxyl groups excluding tert-OH is 1. The predicted molar refractivity (Wildman–Crippen MR) is 66.0 cm³/mol. The lowest BCUT2D eigenvalue weighted by Gasteiger charge is -2.23. The second kappa shape index (κ2) is 4.97. The predicted octanol–water partition coefficient (Wildman–Crippen LogP) is 1.76. The van der Waals surface area contributed by atoms with Gasteiger partial charge in [0.1, 0.15) is 0 Å². The van der Waals surface area contributed by atoms with E-state index in [1.807, 2.05) is 0 Å². The topological polar surface area (TPSA) is 71.2 Å². The third-order valence-corrected chi connectivity index (χ3v) is 4.24. The molecule has 5 heteroatoms. The number of aromatic nitrogens is 2. The first-order chi connectivity index (χ1) is 8.72. The van der Waals surface area contributed by atoms with E-state index in [-0.39, 0.29) is 12.1 Å². The summed E-state index contributed by atoms with van der Waals surface area (Å²) >= 11 is 0. The van der Waals surface area contributed by atoms with Crippen molar-refractivity contribution >= 4 is 0 Å². The summed E-state index contributed by atoms with van der Waals surface area (Å²) in [6.07, 6.45) is 5.23. The monoisotopic (exact) mass is 251 g/mol. The van der Waals surface area contributed by atoms with Gasteiger partial charge in [0.15, 0.2) is 5.82 Å². The van der Waals surface area contributed by atoms with Crippen molar-refractivity contribution in [3.63, 3.8) is 0 Å². The molecule has 100 valence electrons. The van der Waals surface area contributed by atoms with E-state index in [1.54, 1.807) is 0 Å². The van der Waals surface area contributed by atoms with Gasteiger partial charge in [0.2, 0.25) is 5.89 Å². The molecule has 1 aromatic heterocycles. The molecule has 2 aliphatic rings. The van der Waals surface area contributed by atoms with Crippen LogP contribution in [0.1, 0.15) is 62.7 Å². The van der Waals surface area contributed by atoms with Crippen LogP contribution < -0.4 is 5.32 Å². The molecular weight excluding hydrogens is 230 g/mol. The van der Waals surface area contributed by atoms with Crippen molar-refractivity contribution in [2.45, 2.75) is 57.1 Å². The van der Waals surface area contributed by atoms with E-state index in [1.165, 1.54) is 25.7 Å². The second-order valence-corrected chi connectivity index (χ2v) is 5.80. The van der Waals surface area contributed by atoms with E-state index in [0.717, 1.165) is 11.7 Å². The number of hydrogen-bond donors (Lipinski definition) is 2. The van der Waals surface area contributed by atoms with Gasteiger partial charge >= 0.3 is 0 Å². The Kier molecular flexibility index (Phi) is 3.35. The van der Waals surface area contributed by atoms with Crippen LogP contribution >= 0.6 is 0 Å². The Labute approximate surface area is 107 Å². The molecule has 1 aliphatic heterocycles. The summed E-state index contributed by atoms with van der Waals surface area (Å²) < 4.78 is 5.34. The number of nitrogens with zero attached hydrogens (tertiary/aromatic N) is 2. The third kappa shape index (κ3) is 2.42. The highest BCUT2D eigenvalue weighted by Crippen LogP contribution is 2.34. The van der Waals surface area contributed by atoms with Crippen LogP contribution in [0.15, 0.2) is 4.52 Å². The van der Waals surface area contributed by atoms with E-state index >= 15 is 0 Å². The number of nitrogens with one attached hydrogen (secondary N) is 1. The van der Waals surface area contributed by atoms with Crippen LogP contribution in [-0.2, 0) is 0 Å². The van der Waals surface area contributed by atoms with Gasteiger partial charge in [-0.3, -0.25) is 0 Å². The Morgan fingerprint density at radius 1 is 1.28 bits per heavy atom. The largest absolute Gasteiger partial charge is 0.392 e. The smallest absolute Gasteiger partial charge is 0.243 e. The molecule has 2 atom stereocenters. The summed E-state index contributed by atoms with van der Waals surface area (Å²) in [6, 6.07) is 0.0313. The fourth-order valence-electron chi connectivity index (χ4n) is 2.98. The van der Waals surface area contributed by atoms with Crippen LogP contribution in [0.2, 0.25) is 0 Å². The Morgan fingerprint density at radius 3 is 2.72 bits per heavy atom. The molecule has 2 fully saturated rings. The molecule has 0 unspecified atom stereocenters. The van der Waals surface area contributed by atoms with Crippen molar-refractivity contribution in [1.82, 2.24) is 15.5 Å². The SMILES string of the molecule is CC1CCC(c2noc([C@H]3C[C@H](O)CN3)n2)CC1. The Bertz CT molecular complexity index is 399. The molecule has 0 spiro atoms. The molecule has 2 N–H and O–H groups in total. The summed E-state index contributed by atoms with van der Waals surface area (Å²) in [5, 5.41) is 16.8. The molecule has 5 nitrogen and oxygen atoms in total. The van der Waals surface area contributed by atoms with Gasteiger partial charge in [0, 0.05) is 12.5 Å². The molecule has 1 saturated heterocycles. The molecule has 1 aromatic rings. The van der Waals surface area contributed by atoms with Crippen molar-refractivity contribution in [2.75, 3.05) is 6.54 Å². The van der Waals surface area contributed by atoms with Crippen molar-refractivity contribution < 1.29 is 9.63 Å². The van der Waals surface area contributed by atoms with Crippen molar-refractivity contribution in [3.8, 4) is 0 Å². The van der Waals surface area contributed by atoms with Gasteiger partial charge in [-0.15, -0.1) is 0 Å². The summed E-state index contributed by atoms with van der Waals surface area (Å²) in [5.74, 6) is 2.80. The number of rotatable bonds is 2. The minimum Gasteiger partial charge on any atom is -0.392 e. The Hall–Kier alpha value is -0.940. The third-order valence-electron chi connectivity index (χ3n) is 4.24. The molecule has 18 heavy (non-hydrogen) atoms. The van der Waals surface area contributed by atoms with E-state index in [0.29, 0.717) is 24.8 Å². The molecule has 0 amide bonds. The number of aliphatic hydroxyl groups is 1. The quantitative estimate of drug-likeness (QED) is 0.838. The lowest BCUT2D eigenvalue weighted by atomic mass is 9.83. The molecule has 1 aliphatic carbocycles. The van der Waals surface area contributed by atoms with Gasteiger partial charge in [-0.05, 0) is 25.2 Å². The molecule has 2 heterocycles. The van der Waals surface area contributed by atoms with E-state index in [4.69, 9.17) is 4.52 Å². The summed E-state index contributed by atoms with van der Waals surface area (Å²) in [5.41, 5.74) is 0. The average molecular weight is 251 g/mol. The maximum absolute atomic E-state index is 9.49. The highest BCUT2D eigenvalue weighted by molar-refractivity contribution is 5.02. The molecule has 0 radical (unpaired) electrons. The van der Waals surface area contributed by atoms with Gasteiger partial charge < -0.3 is 14.9 Å². The first-order valence-corrected chi connectivity index (χ1v) is 6.97. The molecule has 3 rings (SSSR count). The normalized spacial score (nSPS) is 37.0. The highest BCUT2D eigenvalue weighted by Gasteiger charge is 2.30. The molecule has 1 saturated carbocycles.